The van der Waals surface area contributed by atoms with E-state index in [4.69, 9.17) is 16.7 Å². The highest BCUT2D eigenvalue weighted by Gasteiger charge is 2.30. The monoisotopic (exact) mass is 466 g/mol. The third kappa shape index (κ3) is 4.18. The molecule has 2 N–H and O–H groups in total. The largest absolute Gasteiger partial charge is 0.506 e. The molecule has 0 atom stereocenters. The van der Waals surface area contributed by atoms with Crippen LogP contribution in [0.1, 0.15) is 15.9 Å². The van der Waals surface area contributed by atoms with Crippen molar-refractivity contribution in [1.82, 2.24) is 4.90 Å². The summed E-state index contributed by atoms with van der Waals surface area (Å²) in [6.07, 6.45) is 1.53. The summed E-state index contributed by atoms with van der Waals surface area (Å²) < 4.78 is 0.667. The van der Waals surface area contributed by atoms with E-state index < -0.39 is 5.97 Å². The number of aliphatic imine (C=N–C) groups is 1. The molecule has 2 aromatic rings. The number of phenolic OH excluding ortho intramolecular Hbond substituents is 1. The van der Waals surface area contributed by atoms with Gasteiger partial charge in [-0.15, -0.1) is 0 Å². The predicted octanol–water partition coefficient (Wildman–Crippen LogP) is 4.74. The van der Waals surface area contributed by atoms with E-state index in [1.807, 2.05) is 0 Å². The lowest BCUT2D eigenvalue weighted by atomic mass is 10.2. The van der Waals surface area contributed by atoms with Crippen molar-refractivity contribution in [3.63, 3.8) is 0 Å². The van der Waals surface area contributed by atoms with Crippen molar-refractivity contribution in [1.29, 1.82) is 0 Å². The highest BCUT2D eigenvalue weighted by Crippen LogP contribution is 2.37. The molecule has 1 amide bonds. The van der Waals surface area contributed by atoms with E-state index >= 15 is 0 Å². The number of halogens is 2. The minimum absolute atomic E-state index is 0.110. The molecule has 1 fully saturated rings. The van der Waals surface area contributed by atoms with E-state index in [1.165, 1.54) is 23.1 Å². The molecular weight excluding hydrogens is 456 g/mol. The summed E-state index contributed by atoms with van der Waals surface area (Å²) in [4.78, 5) is 29.7. The molecule has 138 valence electrons. The third-order valence-corrected chi connectivity index (χ3v) is 5.47. The molecule has 1 saturated heterocycles. The van der Waals surface area contributed by atoms with Gasteiger partial charge in [0.05, 0.1) is 21.2 Å². The number of carbonyl (C=O) groups is 2. The number of benzene rings is 2. The number of phenols is 1. The van der Waals surface area contributed by atoms with Crippen LogP contribution in [0.5, 0.6) is 5.75 Å². The number of amidine groups is 1. The van der Waals surface area contributed by atoms with Gasteiger partial charge < -0.3 is 10.2 Å². The first kappa shape index (κ1) is 19.5. The van der Waals surface area contributed by atoms with E-state index in [9.17, 15) is 14.7 Å². The van der Waals surface area contributed by atoms with Crippen molar-refractivity contribution in [2.24, 2.45) is 4.99 Å². The quantitative estimate of drug-likeness (QED) is 0.636. The Balaban J connectivity index is 1.96. The van der Waals surface area contributed by atoms with Gasteiger partial charge in [-0.1, -0.05) is 33.6 Å². The summed E-state index contributed by atoms with van der Waals surface area (Å²) in [5, 5.41) is 19.7. The number of rotatable bonds is 3. The molecule has 2 aromatic carbocycles. The van der Waals surface area contributed by atoms with E-state index in [-0.39, 0.29) is 22.2 Å². The minimum atomic E-state index is -1.05. The molecule has 1 heterocycles. The van der Waals surface area contributed by atoms with E-state index in [0.29, 0.717) is 25.8 Å². The third-order valence-electron chi connectivity index (χ3n) is 3.67. The highest BCUT2D eigenvalue weighted by molar-refractivity contribution is 9.10. The second-order valence-corrected chi connectivity index (χ2v) is 7.88. The minimum Gasteiger partial charge on any atom is -0.506 e. The fraction of sp³-hybridized carbons (Fsp3) is 0.0556. The van der Waals surface area contributed by atoms with Gasteiger partial charge in [-0.2, -0.15) is 0 Å². The first-order valence-electron chi connectivity index (χ1n) is 7.54. The molecule has 0 radical (unpaired) electrons. The normalized spacial score (nSPS) is 17.1. The molecule has 0 aromatic heterocycles. The van der Waals surface area contributed by atoms with Crippen LogP contribution < -0.4 is 0 Å². The SMILES string of the molecule is CN1C(=O)/C(=C/c2cc(Br)cc(Cl)c2O)SC1=Nc1cccc(C(=O)O)c1. The molecule has 27 heavy (non-hydrogen) atoms. The number of carboxylic acids is 1. The number of hydrogen-bond donors (Lipinski definition) is 2. The smallest absolute Gasteiger partial charge is 0.335 e. The molecule has 0 bridgehead atoms. The molecule has 1 aliphatic rings. The lowest BCUT2D eigenvalue weighted by molar-refractivity contribution is -0.121. The Hall–Kier alpha value is -2.29. The zero-order valence-corrected chi connectivity index (χ0v) is 17.0. The Bertz CT molecular complexity index is 1020. The van der Waals surface area contributed by atoms with Crippen molar-refractivity contribution in [2.45, 2.75) is 0 Å². The average Bonchev–Trinajstić information content (AvgIpc) is 2.87. The van der Waals surface area contributed by atoms with Gasteiger partial charge in [-0.25, -0.2) is 9.79 Å². The van der Waals surface area contributed by atoms with Gasteiger partial charge in [0, 0.05) is 17.1 Å². The molecule has 1 aliphatic heterocycles. The predicted molar refractivity (Wildman–Crippen MR) is 110 cm³/mol. The molecule has 0 spiro atoms. The second-order valence-electron chi connectivity index (χ2n) is 5.55. The van der Waals surface area contributed by atoms with Gasteiger partial charge in [-0.05, 0) is 48.2 Å². The van der Waals surface area contributed by atoms with Gasteiger partial charge >= 0.3 is 5.97 Å². The van der Waals surface area contributed by atoms with Crippen molar-refractivity contribution in [2.75, 3.05) is 7.05 Å². The molecule has 3 rings (SSSR count). The molecule has 0 unspecified atom stereocenters. The first-order chi connectivity index (χ1) is 12.8. The van der Waals surface area contributed by atoms with Crippen LogP contribution in [0.15, 0.2) is 50.8 Å². The maximum absolute atomic E-state index is 12.5. The molecule has 9 heteroatoms. The molecule has 0 saturated carbocycles. The van der Waals surface area contributed by atoms with Crippen LogP contribution >= 0.6 is 39.3 Å². The van der Waals surface area contributed by atoms with Gasteiger partial charge in [0.15, 0.2) is 5.17 Å². The lowest BCUT2D eigenvalue weighted by Crippen LogP contribution is -2.23. The van der Waals surface area contributed by atoms with Crippen LogP contribution in [0.3, 0.4) is 0 Å². The molecule has 6 nitrogen and oxygen atoms in total. The Morgan fingerprint density at radius 3 is 2.78 bits per heavy atom. The van der Waals surface area contributed by atoms with Crippen LogP contribution in [0.25, 0.3) is 6.08 Å². The first-order valence-corrected chi connectivity index (χ1v) is 9.52. The Morgan fingerprint density at radius 1 is 1.33 bits per heavy atom. The Kier molecular flexibility index (Phi) is 5.59. The Labute approximate surface area is 172 Å². The van der Waals surface area contributed by atoms with Crippen molar-refractivity contribution >= 4 is 68.1 Å². The maximum atomic E-state index is 12.5. The number of thioether (sulfide) groups is 1. The van der Waals surface area contributed by atoms with Crippen LogP contribution in [-0.2, 0) is 4.79 Å². The van der Waals surface area contributed by atoms with Crippen molar-refractivity contribution in [3.05, 3.63) is 61.9 Å². The van der Waals surface area contributed by atoms with E-state index in [1.54, 1.807) is 31.3 Å². The highest BCUT2D eigenvalue weighted by atomic mass is 79.9. The summed E-state index contributed by atoms with van der Waals surface area (Å²) in [6, 6.07) is 9.33. The maximum Gasteiger partial charge on any atom is 0.335 e. The molecule has 0 aliphatic carbocycles. The van der Waals surface area contributed by atoms with Gasteiger partial charge in [0.1, 0.15) is 5.75 Å². The van der Waals surface area contributed by atoms with E-state index in [2.05, 4.69) is 20.9 Å². The number of hydrogen-bond acceptors (Lipinski definition) is 5. The number of amides is 1. The topological polar surface area (TPSA) is 90.2 Å². The summed E-state index contributed by atoms with van der Waals surface area (Å²) in [5.41, 5.74) is 0.928. The average molecular weight is 468 g/mol. The summed E-state index contributed by atoms with van der Waals surface area (Å²) >= 11 is 10.4. The standard InChI is InChI=1S/C18H12BrClN2O4S/c1-22-16(24)14(7-10-5-11(19)8-13(20)15(10)23)27-18(22)21-12-4-2-3-9(6-12)17(25)26/h2-8,23H,1H3,(H,25,26)/b14-7-,21-18?. The number of carboxylic acid groups (broad SMARTS) is 1. The van der Waals surface area contributed by atoms with Gasteiger partial charge in [-0.3, -0.25) is 9.69 Å². The zero-order chi connectivity index (χ0) is 19.7. The van der Waals surface area contributed by atoms with Crippen LogP contribution in [0.4, 0.5) is 5.69 Å². The van der Waals surface area contributed by atoms with Crippen LogP contribution in [0, 0.1) is 0 Å². The summed E-state index contributed by atoms with van der Waals surface area (Å²) in [7, 11) is 1.57. The number of carbonyl (C=O) groups excluding carboxylic acids is 1. The van der Waals surface area contributed by atoms with Gasteiger partial charge in [0.2, 0.25) is 0 Å². The number of likely N-dealkylation sites (N-methyl/N-ethyl adjacent to an activating group) is 1. The van der Waals surface area contributed by atoms with Gasteiger partial charge in [0.25, 0.3) is 5.91 Å². The second kappa shape index (κ2) is 7.75. The number of aromatic hydroxyl groups is 1. The van der Waals surface area contributed by atoms with Crippen LogP contribution in [-0.4, -0.2) is 39.2 Å². The number of aromatic carboxylic acids is 1. The summed E-state index contributed by atoms with van der Waals surface area (Å²) in [5.74, 6) is -1.46. The fourth-order valence-electron chi connectivity index (χ4n) is 2.31. The zero-order valence-electron chi connectivity index (χ0n) is 13.8. The lowest BCUT2D eigenvalue weighted by Gasteiger charge is -2.07. The van der Waals surface area contributed by atoms with Crippen molar-refractivity contribution < 1.29 is 19.8 Å². The Morgan fingerprint density at radius 2 is 2.07 bits per heavy atom. The number of nitrogens with zero attached hydrogens (tertiary/aromatic N) is 2. The molecular formula is C18H12BrClN2O4S. The van der Waals surface area contributed by atoms with Crippen LogP contribution in [0.2, 0.25) is 5.02 Å². The fourth-order valence-corrected chi connectivity index (χ4v) is 4.12. The van der Waals surface area contributed by atoms with Crippen molar-refractivity contribution in [3.8, 4) is 5.75 Å². The van der Waals surface area contributed by atoms with E-state index in [0.717, 1.165) is 11.8 Å². The summed E-state index contributed by atoms with van der Waals surface area (Å²) in [6.45, 7) is 0.